The van der Waals surface area contributed by atoms with E-state index in [1.807, 2.05) is 6.33 Å². The third-order valence-electron chi connectivity index (χ3n) is 5.99. The standard InChI is InChI=1S/C26H20N3/c1-17-13-18-10-11-22-26(21(18)15-20(17)24-9-5-6-12-28(24)2)25-14-19-7-3-4-8-23(19)29(25)16-27-22/h3-16H,1-2H3/q+1. The number of pyridine rings is 1. The van der Waals surface area contributed by atoms with Crippen LogP contribution < -0.4 is 4.57 Å². The van der Waals surface area contributed by atoms with Crippen LogP contribution in [-0.4, -0.2) is 9.38 Å². The molecule has 0 spiro atoms. The summed E-state index contributed by atoms with van der Waals surface area (Å²) in [6.07, 6.45) is 4.04. The van der Waals surface area contributed by atoms with Crippen LogP contribution >= 0.6 is 0 Å². The monoisotopic (exact) mass is 374 g/mol. The fraction of sp³-hybridized carbons (Fsp3) is 0.0769. The maximum atomic E-state index is 4.78. The predicted molar refractivity (Wildman–Crippen MR) is 119 cm³/mol. The van der Waals surface area contributed by atoms with Gasteiger partial charge in [-0.1, -0.05) is 30.3 Å². The average Bonchev–Trinajstić information content (AvgIpc) is 3.12. The maximum absolute atomic E-state index is 4.78. The fourth-order valence-corrected chi connectivity index (χ4v) is 4.54. The van der Waals surface area contributed by atoms with Crippen molar-refractivity contribution >= 4 is 38.1 Å². The van der Waals surface area contributed by atoms with Crippen molar-refractivity contribution in [1.29, 1.82) is 0 Å². The van der Waals surface area contributed by atoms with Gasteiger partial charge in [0.25, 0.3) is 0 Å². The van der Waals surface area contributed by atoms with Crippen LogP contribution in [0.15, 0.2) is 85.3 Å². The first-order valence-electron chi connectivity index (χ1n) is 9.87. The molecule has 0 unspecified atom stereocenters. The molecular weight excluding hydrogens is 354 g/mol. The lowest BCUT2D eigenvalue weighted by atomic mass is 9.96. The average molecular weight is 374 g/mol. The molecule has 0 aliphatic heterocycles. The summed E-state index contributed by atoms with van der Waals surface area (Å²) in [5.41, 5.74) is 7.17. The summed E-state index contributed by atoms with van der Waals surface area (Å²) in [7, 11) is 2.10. The summed E-state index contributed by atoms with van der Waals surface area (Å²) in [5, 5.41) is 4.94. The summed E-state index contributed by atoms with van der Waals surface area (Å²) in [6.45, 7) is 2.19. The van der Waals surface area contributed by atoms with Gasteiger partial charge in [-0.3, -0.25) is 4.40 Å². The van der Waals surface area contributed by atoms with E-state index in [0.29, 0.717) is 0 Å². The van der Waals surface area contributed by atoms with E-state index in [0.717, 1.165) is 5.52 Å². The van der Waals surface area contributed by atoms with Crippen molar-refractivity contribution < 1.29 is 4.57 Å². The molecule has 3 aromatic carbocycles. The molecule has 0 N–H and O–H groups in total. The van der Waals surface area contributed by atoms with Gasteiger partial charge in [-0.15, -0.1) is 0 Å². The molecule has 3 heteroatoms. The van der Waals surface area contributed by atoms with Gasteiger partial charge in [-0.05, 0) is 53.6 Å². The van der Waals surface area contributed by atoms with Gasteiger partial charge in [-0.2, -0.15) is 0 Å². The quantitative estimate of drug-likeness (QED) is 0.271. The molecule has 0 saturated heterocycles. The van der Waals surface area contributed by atoms with Gasteiger partial charge in [0, 0.05) is 28.5 Å². The molecule has 6 rings (SSSR count). The minimum absolute atomic E-state index is 1.03. The van der Waals surface area contributed by atoms with Crippen LogP contribution in [0.5, 0.6) is 0 Å². The Kier molecular flexibility index (Phi) is 3.30. The summed E-state index contributed by atoms with van der Waals surface area (Å²) < 4.78 is 4.39. The minimum Gasteiger partial charge on any atom is -0.300 e. The van der Waals surface area contributed by atoms with Gasteiger partial charge in [0.15, 0.2) is 6.20 Å². The van der Waals surface area contributed by atoms with Crippen molar-refractivity contribution in [1.82, 2.24) is 9.38 Å². The predicted octanol–water partition coefficient (Wildman–Crippen LogP) is 5.59. The van der Waals surface area contributed by atoms with Gasteiger partial charge >= 0.3 is 0 Å². The lowest BCUT2D eigenvalue weighted by molar-refractivity contribution is -0.660. The van der Waals surface area contributed by atoms with E-state index in [-0.39, 0.29) is 0 Å². The van der Waals surface area contributed by atoms with Crippen LogP contribution in [0.4, 0.5) is 0 Å². The Balaban J connectivity index is 1.80. The molecule has 0 aliphatic rings. The van der Waals surface area contributed by atoms with Gasteiger partial charge < -0.3 is 0 Å². The zero-order valence-corrected chi connectivity index (χ0v) is 16.4. The first-order chi connectivity index (χ1) is 14.2. The summed E-state index contributed by atoms with van der Waals surface area (Å²) >= 11 is 0. The summed E-state index contributed by atoms with van der Waals surface area (Å²) in [5.74, 6) is 0. The third kappa shape index (κ3) is 2.31. The number of hydrogen-bond acceptors (Lipinski definition) is 1. The first-order valence-corrected chi connectivity index (χ1v) is 9.87. The van der Waals surface area contributed by atoms with Crippen molar-refractivity contribution in [3.8, 4) is 11.3 Å². The van der Waals surface area contributed by atoms with Crippen molar-refractivity contribution in [2.45, 2.75) is 6.92 Å². The lowest BCUT2D eigenvalue weighted by Crippen LogP contribution is -2.30. The summed E-state index contributed by atoms with van der Waals surface area (Å²) in [6, 6.07) is 26.1. The van der Waals surface area contributed by atoms with Crippen LogP contribution in [0.25, 0.3) is 49.4 Å². The molecule has 0 atom stereocenters. The molecule has 0 amide bonds. The van der Waals surface area contributed by atoms with Crippen LogP contribution in [0, 0.1) is 6.92 Å². The SMILES string of the molecule is Cc1cc2ccc3ncn4c5ccccc5cc4c3c2cc1-c1cccc[n+]1C. The zero-order valence-electron chi connectivity index (χ0n) is 16.4. The smallest absolute Gasteiger partial charge is 0.212 e. The van der Waals surface area contributed by atoms with Crippen molar-refractivity contribution in [2.75, 3.05) is 0 Å². The van der Waals surface area contributed by atoms with Crippen molar-refractivity contribution in [3.63, 3.8) is 0 Å². The number of fused-ring (bicyclic) bond motifs is 7. The molecule has 0 radical (unpaired) electrons. The third-order valence-corrected chi connectivity index (χ3v) is 5.99. The van der Waals surface area contributed by atoms with E-state index in [4.69, 9.17) is 4.98 Å². The second kappa shape index (κ2) is 5.89. The Morgan fingerprint density at radius 3 is 2.59 bits per heavy atom. The molecule has 138 valence electrons. The second-order valence-corrected chi connectivity index (χ2v) is 7.75. The highest BCUT2D eigenvalue weighted by molar-refractivity contribution is 6.16. The van der Waals surface area contributed by atoms with Crippen LogP contribution in [0.3, 0.4) is 0 Å². The molecule has 0 bridgehead atoms. The van der Waals surface area contributed by atoms with Crippen molar-refractivity contribution in [2.24, 2.45) is 7.05 Å². The highest BCUT2D eigenvalue weighted by atomic mass is 15.0. The molecule has 0 saturated carbocycles. The van der Waals surface area contributed by atoms with E-state index < -0.39 is 0 Å². The van der Waals surface area contributed by atoms with E-state index in [9.17, 15) is 0 Å². The second-order valence-electron chi connectivity index (χ2n) is 7.75. The van der Waals surface area contributed by atoms with E-state index in [2.05, 4.69) is 102 Å². The van der Waals surface area contributed by atoms with Gasteiger partial charge in [0.05, 0.1) is 16.6 Å². The van der Waals surface area contributed by atoms with E-state index in [1.165, 1.54) is 49.4 Å². The van der Waals surface area contributed by atoms with Crippen molar-refractivity contribution in [3.05, 3.63) is 90.9 Å². The molecule has 29 heavy (non-hydrogen) atoms. The van der Waals surface area contributed by atoms with Gasteiger partial charge in [-0.25, -0.2) is 9.55 Å². The molecular formula is C26H20N3+. The number of nitrogens with zero attached hydrogens (tertiary/aromatic N) is 3. The number of para-hydroxylation sites is 1. The Morgan fingerprint density at radius 2 is 1.69 bits per heavy atom. The highest BCUT2D eigenvalue weighted by Crippen LogP contribution is 2.34. The molecule has 6 aromatic rings. The number of hydrogen-bond donors (Lipinski definition) is 0. The van der Waals surface area contributed by atoms with Crippen LogP contribution in [-0.2, 0) is 7.05 Å². The molecule has 0 aliphatic carbocycles. The zero-order chi connectivity index (χ0) is 19.5. The number of rotatable bonds is 1. The Morgan fingerprint density at radius 1 is 0.828 bits per heavy atom. The van der Waals surface area contributed by atoms with E-state index >= 15 is 0 Å². The Bertz CT molecular complexity index is 1570. The molecule has 3 nitrogen and oxygen atoms in total. The maximum Gasteiger partial charge on any atom is 0.212 e. The summed E-state index contributed by atoms with van der Waals surface area (Å²) in [4.78, 5) is 4.78. The number of aryl methyl sites for hydroxylation is 2. The van der Waals surface area contributed by atoms with Gasteiger partial charge in [0.2, 0.25) is 5.69 Å². The van der Waals surface area contributed by atoms with Crippen LogP contribution in [0.2, 0.25) is 0 Å². The van der Waals surface area contributed by atoms with Crippen LogP contribution in [0.1, 0.15) is 5.56 Å². The fourth-order valence-electron chi connectivity index (χ4n) is 4.54. The largest absolute Gasteiger partial charge is 0.300 e. The lowest BCUT2D eigenvalue weighted by Gasteiger charge is -2.10. The topological polar surface area (TPSA) is 21.2 Å². The molecule has 0 fully saturated rings. The Hall–Kier alpha value is -3.72. The number of benzene rings is 3. The number of aromatic nitrogens is 3. The molecule has 3 heterocycles. The minimum atomic E-state index is 1.03. The molecule has 3 aromatic heterocycles. The normalized spacial score (nSPS) is 11.8. The Labute approximate surface area is 168 Å². The van der Waals surface area contributed by atoms with E-state index in [1.54, 1.807) is 0 Å². The highest BCUT2D eigenvalue weighted by Gasteiger charge is 2.15. The van der Waals surface area contributed by atoms with Gasteiger partial charge in [0.1, 0.15) is 13.4 Å². The first kappa shape index (κ1) is 16.3.